The first-order valence-corrected chi connectivity index (χ1v) is 5.69. The highest BCUT2D eigenvalue weighted by Gasteiger charge is 2.16. The molecule has 1 aromatic carbocycles. The van der Waals surface area contributed by atoms with Crippen LogP contribution >= 0.6 is 0 Å². The lowest BCUT2D eigenvalue weighted by atomic mass is 9.97. The van der Waals surface area contributed by atoms with Crippen molar-refractivity contribution < 1.29 is 19.7 Å². The van der Waals surface area contributed by atoms with Gasteiger partial charge in [-0.1, -0.05) is 19.9 Å². The number of aromatic hydroxyl groups is 1. The smallest absolute Gasteiger partial charge is 0.188 e. The Balaban J connectivity index is 3.18. The maximum Gasteiger partial charge on any atom is 0.188 e. The van der Waals surface area contributed by atoms with Gasteiger partial charge in [0.05, 0.1) is 0 Å². The van der Waals surface area contributed by atoms with Gasteiger partial charge in [-0.05, 0) is 17.5 Å². The quantitative estimate of drug-likeness (QED) is 0.747. The number of phenolic OH excluding ortho intramolecular Hbond substituents is 1. The SMILES string of the molecule is COCOc1c(C(C)C)ccc(O)c1CCO. The van der Waals surface area contributed by atoms with Crippen molar-refractivity contribution in [2.45, 2.75) is 26.2 Å². The fraction of sp³-hybridized carbons (Fsp3) is 0.538. The number of methoxy groups -OCH3 is 1. The first kappa shape index (κ1) is 13.8. The second-order valence-electron chi connectivity index (χ2n) is 4.16. The summed E-state index contributed by atoms with van der Waals surface area (Å²) in [7, 11) is 1.55. The summed E-state index contributed by atoms with van der Waals surface area (Å²) in [5, 5.41) is 18.8. The molecule has 0 saturated carbocycles. The Morgan fingerprint density at radius 1 is 1.29 bits per heavy atom. The van der Waals surface area contributed by atoms with E-state index < -0.39 is 0 Å². The third-order valence-corrected chi connectivity index (χ3v) is 2.57. The summed E-state index contributed by atoms with van der Waals surface area (Å²) in [6.45, 7) is 4.20. The van der Waals surface area contributed by atoms with Crippen LogP contribution in [-0.2, 0) is 11.2 Å². The van der Waals surface area contributed by atoms with Crippen LogP contribution < -0.4 is 4.74 Å². The monoisotopic (exact) mass is 240 g/mol. The summed E-state index contributed by atoms with van der Waals surface area (Å²) < 4.78 is 10.4. The molecule has 0 aliphatic heterocycles. The molecule has 0 aliphatic rings. The van der Waals surface area contributed by atoms with Crippen LogP contribution in [0.15, 0.2) is 12.1 Å². The zero-order valence-corrected chi connectivity index (χ0v) is 10.6. The molecule has 0 saturated heterocycles. The Bertz CT molecular complexity index is 361. The molecule has 1 rings (SSSR count). The van der Waals surface area contributed by atoms with Crippen LogP contribution in [0.2, 0.25) is 0 Å². The van der Waals surface area contributed by atoms with Crippen molar-refractivity contribution in [2.24, 2.45) is 0 Å². The molecule has 0 aromatic heterocycles. The van der Waals surface area contributed by atoms with Crippen molar-refractivity contribution in [3.8, 4) is 11.5 Å². The molecule has 0 spiro atoms. The van der Waals surface area contributed by atoms with Crippen molar-refractivity contribution in [1.29, 1.82) is 0 Å². The van der Waals surface area contributed by atoms with Crippen LogP contribution in [0.3, 0.4) is 0 Å². The van der Waals surface area contributed by atoms with Gasteiger partial charge in [0.1, 0.15) is 11.5 Å². The third kappa shape index (κ3) is 3.35. The van der Waals surface area contributed by atoms with Gasteiger partial charge in [0.15, 0.2) is 6.79 Å². The Labute approximate surface area is 102 Å². The van der Waals surface area contributed by atoms with Gasteiger partial charge in [-0.2, -0.15) is 0 Å². The molecule has 0 aliphatic carbocycles. The van der Waals surface area contributed by atoms with E-state index in [0.717, 1.165) is 5.56 Å². The van der Waals surface area contributed by atoms with E-state index in [1.165, 1.54) is 0 Å². The minimum atomic E-state index is -0.0293. The number of aliphatic hydroxyl groups excluding tert-OH is 1. The van der Waals surface area contributed by atoms with E-state index in [1.54, 1.807) is 13.2 Å². The molecule has 0 fully saturated rings. The Morgan fingerprint density at radius 3 is 2.53 bits per heavy atom. The molecule has 0 atom stereocenters. The van der Waals surface area contributed by atoms with Crippen molar-refractivity contribution in [2.75, 3.05) is 20.5 Å². The number of phenols is 1. The molecule has 96 valence electrons. The Hall–Kier alpha value is -1.26. The number of hydrogen-bond acceptors (Lipinski definition) is 4. The summed E-state index contributed by atoms with van der Waals surface area (Å²) >= 11 is 0. The van der Waals surface area contributed by atoms with Crippen molar-refractivity contribution >= 4 is 0 Å². The van der Waals surface area contributed by atoms with Gasteiger partial charge in [-0.25, -0.2) is 0 Å². The highest BCUT2D eigenvalue weighted by molar-refractivity contribution is 5.50. The third-order valence-electron chi connectivity index (χ3n) is 2.57. The van der Waals surface area contributed by atoms with E-state index in [2.05, 4.69) is 13.8 Å². The minimum absolute atomic E-state index is 0.0293. The summed E-state index contributed by atoms with van der Waals surface area (Å²) in [5.41, 5.74) is 1.64. The maximum atomic E-state index is 9.80. The van der Waals surface area contributed by atoms with Gasteiger partial charge in [0, 0.05) is 25.7 Å². The predicted molar refractivity (Wildman–Crippen MR) is 65.5 cm³/mol. The van der Waals surface area contributed by atoms with Gasteiger partial charge in [-0.15, -0.1) is 0 Å². The molecule has 0 unspecified atom stereocenters. The van der Waals surface area contributed by atoms with Crippen molar-refractivity contribution in [3.05, 3.63) is 23.3 Å². The standard InChI is InChI=1S/C13H20O4/c1-9(2)10-4-5-12(15)11(6-7-14)13(10)17-8-16-3/h4-5,9,14-15H,6-8H2,1-3H3. The molecule has 4 nitrogen and oxygen atoms in total. The molecule has 2 N–H and O–H groups in total. The summed E-state index contributed by atoms with van der Waals surface area (Å²) in [5.74, 6) is 1.05. The van der Waals surface area contributed by atoms with Crippen LogP contribution in [-0.4, -0.2) is 30.7 Å². The van der Waals surface area contributed by atoms with Crippen LogP contribution in [0, 0.1) is 0 Å². The first-order chi connectivity index (χ1) is 8.11. The van der Waals surface area contributed by atoms with Gasteiger partial charge in [0.2, 0.25) is 0 Å². The minimum Gasteiger partial charge on any atom is -0.508 e. The normalized spacial score (nSPS) is 10.9. The lowest BCUT2D eigenvalue weighted by Gasteiger charge is -2.18. The number of benzene rings is 1. The van der Waals surface area contributed by atoms with Gasteiger partial charge >= 0.3 is 0 Å². The fourth-order valence-electron chi connectivity index (χ4n) is 1.73. The molecule has 1 aromatic rings. The van der Waals surface area contributed by atoms with Crippen LogP contribution in [0.25, 0.3) is 0 Å². The molecule has 0 heterocycles. The number of aliphatic hydroxyl groups is 1. The van der Waals surface area contributed by atoms with E-state index >= 15 is 0 Å². The fourth-order valence-corrected chi connectivity index (χ4v) is 1.73. The zero-order chi connectivity index (χ0) is 12.8. The van der Waals surface area contributed by atoms with E-state index in [4.69, 9.17) is 14.6 Å². The lowest BCUT2D eigenvalue weighted by molar-refractivity contribution is 0.0492. The topological polar surface area (TPSA) is 58.9 Å². The lowest BCUT2D eigenvalue weighted by Crippen LogP contribution is -2.07. The van der Waals surface area contributed by atoms with Crippen LogP contribution in [0.4, 0.5) is 0 Å². The molecule has 0 bridgehead atoms. The maximum absolute atomic E-state index is 9.80. The van der Waals surface area contributed by atoms with E-state index in [9.17, 15) is 5.11 Å². The number of hydrogen-bond donors (Lipinski definition) is 2. The van der Waals surface area contributed by atoms with Gasteiger partial charge in [-0.3, -0.25) is 0 Å². The van der Waals surface area contributed by atoms with E-state index in [0.29, 0.717) is 17.7 Å². The predicted octanol–water partition coefficient (Wildman–Crippen LogP) is 2.03. The van der Waals surface area contributed by atoms with E-state index in [1.807, 2.05) is 6.07 Å². The number of rotatable bonds is 6. The summed E-state index contributed by atoms with van der Waals surface area (Å²) in [6.07, 6.45) is 0.367. The van der Waals surface area contributed by atoms with Crippen LogP contribution in [0.1, 0.15) is 30.9 Å². The van der Waals surface area contributed by atoms with Crippen molar-refractivity contribution in [1.82, 2.24) is 0 Å². The molecule has 0 radical (unpaired) electrons. The summed E-state index contributed by atoms with van der Waals surface area (Å²) in [4.78, 5) is 0. The van der Waals surface area contributed by atoms with Crippen LogP contribution in [0.5, 0.6) is 11.5 Å². The molecule has 17 heavy (non-hydrogen) atoms. The molecular formula is C13H20O4. The zero-order valence-electron chi connectivity index (χ0n) is 10.6. The summed E-state index contributed by atoms with van der Waals surface area (Å²) in [6, 6.07) is 3.48. The average molecular weight is 240 g/mol. The van der Waals surface area contributed by atoms with Gasteiger partial charge in [0.25, 0.3) is 0 Å². The second-order valence-corrected chi connectivity index (χ2v) is 4.16. The first-order valence-electron chi connectivity index (χ1n) is 5.69. The molecule has 0 amide bonds. The highest BCUT2D eigenvalue weighted by Crippen LogP contribution is 2.36. The molecular weight excluding hydrogens is 220 g/mol. The second kappa shape index (κ2) is 6.47. The molecule has 4 heteroatoms. The Morgan fingerprint density at radius 2 is 2.00 bits per heavy atom. The number of ether oxygens (including phenoxy) is 2. The van der Waals surface area contributed by atoms with Crippen molar-refractivity contribution in [3.63, 3.8) is 0 Å². The Kier molecular flexibility index (Phi) is 5.25. The largest absolute Gasteiger partial charge is 0.508 e. The highest BCUT2D eigenvalue weighted by atomic mass is 16.7. The average Bonchev–Trinajstić information content (AvgIpc) is 2.29. The van der Waals surface area contributed by atoms with Gasteiger partial charge < -0.3 is 19.7 Å². The van der Waals surface area contributed by atoms with E-state index in [-0.39, 0.29) is 25.1 Å².